The standard InChI is InChI=1S/C17H17Cl2N3O/c18-13-5-4-6-14(19)16(13)21-17(23)12-7-8-20-15(11-12)22-9-2-1-3-10-22/h4-8,11H,1-3,9-10H2,(H,21,23). The summed E-state index contributed by atoms with van der Waals surface area (Å²) in [6.07, 6.45) is 5.23. The highest BCUT2D eigenvalue weighted by atomic mass is 35.5. The topological polar surface area (TPSA) is 45.2 Å². The third-order valence-corrected chi connectivity index (χ3v) is 4.52. The summed E-state index contributed by atoms with van der Waals surface area (Å²) in [6.45, 7) is 1.96. The summed E-state index contributed by atoms with van der Waals surface area (Å²) in [6, 6.07) is 8.61. The fourth-order valence-corrected chi connectivity index (χ4v) is 3.15. The lowest BCUT2D eigenvalue weighted by atomic mass is 10.1. The number of piperidine rings is 1. The lowest BCUT2D eigenvalue weighted by Gasteiger charge is -2.27. The Morgan fingerprint density at radius 1 is 1.09 bits per heavy atom. The summed E-state index contributed by atoms with van der Waals surface area (Å²) < 4.78 is 0. The van der Waals surface area contributed by atoms with E-state index in [2.05, 4.69) is 15.2 Å². The van der Waals surface area contributed by atoms with Crippen LogP contribution in [0.15, 0.2) is 36.5 Å². The number of aromatic nitrogens is 1. The van der Waals surface area contributed by atoms with Gasteiger partial charge >= 0.3 is 0 Å². The van der Waals surface area contributed by atoms with Crippen LogP contribution in [0.1, 0.15) is 29.6 Å². The van der Waals surface area contributed by atoms with Crippen LogP contribution in [0.4, 0.5) is 11.5 Å². The van der Waals surface area contributed by atoms with E-state index >= 15 is 0 Å². The molecular formula is C17H17Cl2N3O. The van der Waals surface area contributed by atoms with Gasteiger partial charge in [-0.1, -0.05) is 29.3 Å². The first-order chi connectivity index (χ1) is 11.1. The van der Waals surface area contributed by atoms with Crippen molar-refractivity contribution in [3.8, 4) is 0 Å². The van der Waals surface area contributed by atoms with Gasteiger partial charge in [0, 0.05) is 24.8 Å². The Bertz CT molecular complexity index is 694. The number of pyridine rings is 1. The van der Waals surface area contributed by atoms with Crippen LogP contribution in [-0.4, -0.2) is 24.0 Å². The number of para-hydroxylation sites is 1. The molecule has 2 heterocycles. The highest BCUT2D eigenvalue weighted by Gasteiger charge is 2.16. The van der Waals surface area contributed by atoms with E-state index in [1.807, 2.05) is 6.07 Å². The van der Waals surface area contributed by atoms with E-state index in [1.54, 1.807) is 30.5 Å². The molecule has 1 fully saturated rings. The molecule has 0 atom stereocenters. The van der Waals surface area contributed by atoms with Crippen LogP contribution in [0.5, 0.6) is 0 Å². The van der Waals surface area contributed by atoms with Gasteiger partial charge in [0.2, 0.25) is 0 Å². The van der Waals surface area contributed by atoms with Gasteiger partial charge in [-0.05, 0) is 43.5 Å². The molecule has 1 aliphatic heterocycles. The second-order valence-electron chi connectivity index (χ2n) is 5.50. The number of anilines is 2. The molecule has 0 radical (unpaired) electrons. The molecule has 3 rings (SSSR count). The Morgan fingerprint density at radius 2 is 1.78 bits per heavy atom. The SMILES string of the molecule is O=C(Nc1c(Cl)cccc1Cl)c1ccnc(N2CCCCC2)c1. The zero-order chi connectivity index (χ0) is 16.2. The second-order valence-corrected chi connectivity index (χ2v) is 6.32. The van der Waals surface area contributed by atoms with Crippen LogP contribution in [0.2, 0.25) is 10.0 Å². The van der Waals surface area contributed by atoms with Gasteiger partial charge in [0.25, 0.3) is 5.91 Å². The smallest absolute Gasteiger partial charge is 0.255 e. The molecule has 2 aromatic rings. The molecule has 120 valence electrons. The molecule has 4 nitrogen and oxygen atoms in total. The molecule has 1 aromatic heterocycles. The van der Waals surface area contributed by atoms with Gasteiger partial charge in [-0.15, -0.1) is 0 Å². The molecule has 1 amide bonds. The summed E-state index contributed by atoms with van der Waals surface area (Å²) in [7, 11) is 0. The lowest BCUT2D eigenvalue weighted by Crippen LogP contribution is -2.30. The first-order valence-corrected chi connectivity index (χ1v) is 8.37. The average Bonchev–Trinajstić information content (AvgIpc) is 2.59. The predicted octanol–water partition coefficient (Wildman–Crippen LogP) is 4.63. The van der Waals surface area contributed by atoms with Crippen molar-refractivity contribution in [3.63, 3.8) is 0 Å². The minimum atomic E-state index is -0.249. The lowest BCUT2D eigenvalue weighted by molar-refractivity contribution is 0.102. The van der Waals surface area contributed by atoms with E-state index in [0.717, 1.165) is 31.7 Å². The predicted molar refractivity (Wildman–Crippen MR) is 94.7 cm³/mol. The minimum Gasteiger partial charge on any atom is -0.357 e. The molecule has 0 spiro atoms. The van der Waals surface area contributed by atoms with Crippen molar-refractivity contribution >= 4 is 40.6 Å². The summed E-state index contributed by atoms with van der Waals surface area (Å²) in [5.74, 6) is 0.586. The van der Waals surface area contributed by atoms with E-state index in [-0.39, 0.29) is 5.91 Å². The monoisotopic (exact) mass is 349 g/mol. The highest BCUT2D eigenvalue weighted by molar-refractivity contribution is 6.40. The second kappa shape index (κ2) is 7.20. The van der Waals surface area contributed by atoms with Crippen molar-refractivity contribution in [2.45, 2.75) is 19.3 Å². The number of nitrogens with one attached hydrogen (secondary N) is 1. The maximum Gasteiger partial charge on any atom is 0.255 e. The van der Waals surface area contributed by atoms with Crippen molar-refractivity contribution in [3.05, 3.63) is 52.1 Å². The van der Waals surface area contributed by atoms with E-state index in [0.29, 0.717) is 21.3 Å². The number of carbonyl (C=O) groups excluding carboxylic acids is 1. The molecule has 0 saturated carbocycles. The van der Waals surface area contributed by atoms with E-state index < -0.39 is 0 Å². The number of halogens is 2. The van der Waals surface area contributed by atoms with Gasteiger partial charge in [-0.3, -0.25) is 4.79 Å². The first-order valence-electron chi connectivity index (χ1n) is 7.61. The summed E-state index contributed by atoms with van der Waals surface area (Å²) in [5, 5.41) is 3.60. The zero-order valence-corrected chi connectivity index (χ0v) is 14.1. The summed E-state index contributed by atoms with van der Waals surface area (Å²) in [5.41, 5.74) is 0.966. The molecule has 1 saturated heterocycles. The fraction of sp³-hybridized carbons (Fsp3) is 0.294. The number of hydrogen-bond acceptors (Lipinski definition) is 3. The van der Waals surface area contributed by atoms with Gasteiger partial charge in [0.05, 0.1) is 15.7 Å². The molecule has 6 heteroatoms. The van der Waals surface area contributed by atoms with Crippen LogP contribution in [-0.2, 0) is 0 Å². The molecule has 0 aliphatic carbocycles. The zero-order valence-electron chi connectivity index (χ0n) is 12.6. The number of rotatable bonds is 3. The average molecular weight is 350 g/mol. The van der Waals surface area contributed by atoms with Crippen molar-refractivity contribution in [1.82, 2.24) is 4.98 Å². The van der Waals surface area contributed by atoms with Crippen molar-refractivity contribution < 1.29 is 4.79 Å². The number of benzene rings is 1. The van der Waals surface area contributed by atoms with Crippen LogP contribution < -0.4 is 10.2 Å². The van der Waals surface area contributed by atoms with Crippen molar-refractivity contribution in [1.29, 1.82) is 0 Å². The first kappa shape index (κ1) is 16.1. The number of nitrogens with zero attached hydrogens (tertiary/aromatic N) is 2. The van der Waals surface area contributed by atoms with Gasteiger partial charge in [-0.2, -0.15) is 0 Å². The number of amides is 1. The van der Waals surface area contributed by atoms with Crippen molar-refractivity contribution in [2.75, 3.05) is 23.3 Å². The highest BCUT2D eigenvalue weighted by Crippen LogP contribution is 2.30. The van der Waals surface area contributed by atoms with Crippen LogP contribution in [0.25, 0.3) is 0 Å². The maximum atomic E-state index is 12.5. The van der Waals surface area contributed by atoms with Gasteiger partial charge in [-0.25, -0.2) is 4.98 Å². The molecule has 1 aromatic carbocycles. The third kappa shape index (κ3) is 3.77. The number of hydrogen-bond donors (Lipinski definition) is 1. The molecule has 0 unspecified atom stereocenters. The van der Waals surface area contributed by atoms with Crippen LogP contribution in [0, 0.1) is 0 Å². The summed E-state index contributed by atoms with van der Waals surface area (Å²) >= 11 is 12.2. The molecule has 23 heavy (non-hydrogen) atoms. The van der Waals surface area contributed by atoms with Crippen LogP contribution in [0.3, 0.4) is 0 Å². The summed E-state index contributed by atoms with van der Waals surface area (Å²) in [4.78, 5) is 19.1. The third-order valence-electron chi connectivity index (χ3n) is 3.89. The Balaban J connectivity index is 1.80. The largest absolute Gasteiger partial charge is 0.357 e. The molecule has 1 N–H and O–H groups in total. The van der Waals surface area contributed by atoms with Gasteiger partial charge in [0.15, 0.2) is 0 Å². The van der Waals surface area contributed by atoms with Gasteiger partial charge < -0.3 is 10.2 Å². The van der Waals surface area contributed by atoms with Crippen LogP contribution >= 0.6 is 23.2 Å². The number of carbonyl (C=O) groups is 1. The Labute approximate surface area is 145 Å². The fourth-order valence-electron chi connectivity index (χ4n) is 2.66. The van der Waals surface area contributed by atoms with Gasteiger partial charge in [0.1, 0.15) is 5.82 Å². The molecule has 1 aliphatic rings. The normalized spacial score (nSPS) is 14.6. The van der Waals surface area contributed by atoms with E-state index in [9.17, 15) is 4.79 Å². The Morgan fingerprint density at radius 3 is 2.48 bits per heavy atom. The molecular weight excluding hydrogens is 333 g/mol. The van der Waals surface area contributed by atoms with Crippen molar-refractivity contribution in [2.24, 2.45) is 0 Å². The quantitative estimate of drug-likeness (QED) is 0.878. The Kier molecular flexibility index (Phi) is 5.03. The van der Waals surface area contributed by atoms with E-state index in [4.69, 9.17) is 23.2 Å². The molecule has 0 bridgehead atoms. The maximum absolute atomic E-state index is 12.5. The van der Waals surface area contributed by atoms with E-state index in [1.165, 1.54) is 6.42 Å². The minimum absolute atomic E-state index is 0.249. The Hall–Kier alpha value is -1.78.